The van der Waals surface area contributed by atoms with Crippen molar-refractivity contribution in [3.05, 3.63) is 30.1 Å². The molecule has 1 unspecified atom stereocenters. The highest BCUT2D eigenvalue weighted by atomic mass is 127. The monoisotopic (exact) mass is 379 g/mol. The summed E-state index contributed by atoms with van der Waals surface area (Å²) in [5.41, 5.74) is 0. The van der Waals surface area contributed by atoms with Gasteiger partial charge in [0, 0.05) is 13.6 Å². The zero-order valence-electron chi connectivity index (χ0n) is 11.1. The molecule has 0 aromatic heterocycles. The van der Waals surface area contributed by atoms with Crippen LogP contribution in [0, 0.1) is 5.82 Å². The summed E-state index contributed by atoms with van der Waals surface area (Å²) >= 11 is 0. The second kappa shape index (κ2) is 7.52. The number of guanidine groups is 1. The van der Waals surface area contributed by atoms with Crippen molar-refractivity contribution in [2.45, 2.75) is 13.0 Å². The zero-order chi connectivity index (χ0) is 13.0. The molecule has 1 aromatic carbocycles. The van der Waals surface area contributed by atoms with Crippen LogP contribution in [0.15, 0.2) is 29.3 Å². The highest BCUT2D eigenvalue weighted by Gasteiger charge is 2.14. The molecular weight excluding hydrogens is 360 g/mol. The van der Waals surface area contributed by atoms with Crippen LogP contribution in [0.5, 0.6) is 5.75 Å². The molecule has 0 aliphatic carbocycles. The van der Waals surface area contributed by atoms with Crippen molar-refractivity contribution in [2.24, 2.45) is 4.99 Å². The first-order chi connectivity index (χ1) is 8.66. The molecule has 1 aliphatic heterocycles. The minimum atomic E-state index is -0.334. The molecule has 106 valence electrons. The summed E-state index contributed by atoms with van der Waals surface area (Å²) in [4.78, 5) is 6.37. The molecule has 0 saturated carbocycles. The van der Waals surface area contributed by atoms with Crippen LogP contribution >= 0.6 is 24.0 Å². The minimum absolute atomic E-state index is 0. The van der Waals surface area contributed by atoms with Gasteiger partial charge in [0.2, 0.25) is 0 Å². The normalized spacial score (nSPS) is 15.5. The average Bonchev–Trinajstić information content (AvgIpc) is 2.75. The number of para-hydroxylation sites is 1. The van der Waals surface area contributed by atoms with Crippen molar-refractivity contribution in [3.8, 4) is 5.75 Å². The van der Waals surface area contributed by atoms with E-state index in [4.69, 9.17) is 4.74 Å². The number of ether oxygens (including phenoxy) is 1. The summed E-state index contributed by atoms with van der Waals surface area (Å²) in [7, 11) is 1.99. The molecule has 0 amide bonds. The van der Waals surface area contributed by atoms with Gasteiger partial charge in [-0.05, 0) is 19.1 Å². The molecule has 2 rings (SSSR count). The molecule has 1 N–H and O–H groups in total. The van der Waals surface area contributed by atoms with Gasteiger partial charge in [0.15, 0.2) is 17.5 Å². The number of nitrogens with one attached hydrogen (secondary N) is 1. The fraction of sp³-hybridized carbons (Fsp3) is 0.462. The first kappa shape index (κ1) is 16.0. The SMILES string of the molecule is CC(CNC1=NCCN1C)Oc1ccccc1F.I. The van der Waals surface area contributed by atoms with Gasteiger partial charge in [-0.3, -0.25) is 4.99 Å². The first-order valence-corrected chi connectivity index (χ1v) is 6.07. The van der Waals surface area contributed by atoms with E-state index in [1.165, 1.54) is 6.07 Å². The number of rotatable bonds is 4. The second-order valence-electron chi connectivity index (χ2n) is 4.37. The molecule has 0 saturated heterocycles. The molecule has 0 fully saturated rings. The van der Waals surface area contributed by atoms with Crippen LogP contribution in [0.2, 0.25) is 0 Å². The van der Waals surface area contributed by atoms with Gasteiger partial charge >= 0.3 is 0 Å². The molecule has 19 heavy (non-hydrogen) atoms. The Hall–Kier alpha value is -1.05. The van der Waals surface area contributed by atoms with Gasteiger partial charge in [0.05, 0.1) is 13.1 Å². The Morgan fingerprint density at radius 2 is 2.21 bits per heavy atom. The maximum absolute atomic E-state index is 13.4. The van der Waals surface area contributed by atoms with E-state index < -0.39 is 0 Å². The van der Waals surface area contributed by atoms with Gasteiger partial charge in [0.25, 0.3) is 0 Å². The Labute approximate surface area is 130 Å². The first-order valence-electron chi connectivity index (χ1n) is 6.07. The predicted octanol–water partition coefficient (Wildman–Crippen LogP) is 2.10. The topological polar surface area (TPSA) is 36.9 Å². The number of halogens is 2. The molecule has 1 aliphatic rings. The van der Waals surface area contributed by atoms with Crippen LogP contribution in [0.25, 0.3) is 0 Å². The van der Waals surface area contributed by atoms with Crippen molar-refractivity contribution in [1.82, 2.24) is 10.2 Å². The Kier molecular flexibility index (Phi) is 6.33. The largest absolute Gasteiger partial charge is 0.486 e. The zero-order valence-corrected chi connectivity index (χ0v) is 13.4. The minimum Gasteiger partial charge on any atom is -0.486 e. The lowest BCUT2D eigenvalue weighted by molar-refractivity contribution is 0.213. The van der Waals surface area contributed by atoms with E-state index in [0.717, 1.165) is 19.0 Å². The van der Waals surface area contributed by atoms with E-state index in [2.05, 4.69) is 15.2 Å². The predicted molar refractivity (Wildman–Crippen MR) is 84.8 cm³/mol. The van der Waals surface area contributed by atoms with E-state index >= 15 is 0 Å². The quantitative estimate of drug-likeness (QED) is 0.815. The van der Waals surface area contributed by atoms with Crippen LogP contribution in [0.3, 0.4) is 0 Å². The van der Waals surface area contributed by atoms with Crippen LogP contribution < -0.4 is 10.1 Å². The highest BCUT2D eigenvalue weighted by molar-refractivity contribution is 14.0. The van der Waals surface area contributed by atoms with Gasteiger partial charge in [-0.2, -0.15) is 0 Å². The summed E-state index contributed by atoms with van der Waals surface area (Å²) in [5.74, 6) is 0.826. The summed E-state index contributed by atoms with van der Waals surface area (Å²) in [6, 6.07) is 6.43. The van der Waals surface area contributed by atoms with Crippen molar-refractivity contribution < 1.29 is 9.13 Å². The van der Waals surface area contributed by atoms with E-state index in [1.54, 1.807) is 18.2 Å². The average molecular weight is 379 g/mol. The third kappa shape index (κ3) is 4.52. The molecule has 0 bridgehead atoms. The Balaban J connectivity index is 0.00000180. The molecule has 6 heteroatoms. The molecule has 0 spiro atoms. The number of likely N-dealkylation sites (N-methyl/N-ethyl adjacent to an activating group) is 1. The van der Waals surface area contributed by atoms with Crippen molar-refractivity contribution in [1.29, 1.82) is 0 Å². The fourth-order valence-electron chi connectivity index (χ4n) is 1.76. The van der Waals surface area contributed by atoms with Gasteiger partial charge in [-0.15, -0.1) is 24.0 Å². The number of hydrogen-bond acceptors (Lipinski definition) is 4. The van der Waals surface area contributed by atoms with Gasteiger partial charge in [0.1, 0.15) is 6.10 Å². The van der Waals surface area contributed by atoms with Crippen LogP contribution in [0.4, 0.5) is 4.39 Å². The fourth-order valence-corrected chi connectivity index (χ4v) is 1.76. The number of hydrogen-bond donors (Lipinski definition) is 1. The number of aliphatic imine (C=N–C) groups is 1. The maximum Gasteiger partial charge on any atom is 0.193 e. The standard InChI is InChI=1S/C13H18FN3O.HI/c1-10(9-16-13-15-7-8-17(13)2)18-12-6-4-3-5-11(12)14;/h3-6,10H,7-9H2,1-2H3,(H,15,16);1H. The van der Waals surface area contributed by atoms with Gasteiger partial charge in [-0.1, -0.05) is 12.1 Å². The smallest absolute Gasteiger partial charge is 0.193 e. The highest BCUT2D eigenvalue weighted by Crippen LogP contribution is 2.16. The summed E-state index contributed by atoms with van der Waals surface area (Å²) in [6.45, 7) is 4.25. The van der Waals surface area contributed by atoms with E-state index in [9.17, 15) is 4.39 Å². The third-order valence-corrected chi connectivity index (χ3v) is 2.77. The van der Waals surface area contributed by atoms with Crippen LogP contribution in [-0.4, -0.2) is 43.6 Å². The summed E-state index contributed by atoms with van der Waals surface area (Å²) < 4.78 is 18.9. The van der Waals surface area contributed by atoms with Gasteiger partial charge < -0.3 is 15.0 Å². The number of nitrogens with zero attached hydrogens (tertiary/aromatic N) is 2. The molecule has 1 aromatic rings. The van der Waals surface area contributed by atoms with E-state index in [1.807, 2.05) is 14.0 Å². The lowest BCUT2D eigenvalue weighted by atomic mass is 10.3. The molecule has 1 atom stereocenters. The third-order valence-electron chi connectivity index (χ3n) is 2.77. The molecule has 1 heterocycles. The van der Waals surface area contributed by atoms with E-state index in [-0.39, 0.29) is 41.6 Å². The second-order valence-corrected chi connectivity index (χ2v) is 4.37. The lowest BCUT2D eigenvalue weighted by Gasteiger charge is -2.19. The Morgan fingerprint density at radius 3 is 2.84 bits per heavy atom. The van der Waals surface area contributed by atoms with E-state index in [0.29, 0.717) is 6.54 Å². The number of benzene rings is 1. The summed E-state index contributed by atoms with van der Waals surface area (Å²) in [6.07, 6.45) is -0.126. The van der Waals surface area contributed by atoms with Crippen molar-refractivity contribution in [3.63, 3.8) is 0 Å². The molecule has 4 nitrogen and oxygen atoms in total. The maximum atomic E-state index is 13.4. The Bertz CT molecular complexity index is 442. The summed E-state index contributed by atoms with van der Waals surface area (Å²) in [5, 5.41) is 3.20. The van der Waals surface area contributed by atoms with Gasteiger partial charge in [-0.25, -0.2) is 4.39 Å². The van der Waals surface area contributed by atoms with Crippen molar-refractivity contribution in [2.75, 3.05) is 26.7 Å². The van der Waals surface area contributed by atoms with Crippen LogP contribution in [-0.2, 0) is 0 Å². The lowest BCUT2D eigenvalue weighted by Crippen LogP contribution is -2.40. The Morgan fingerprint density at radius 1 is 1.47 bits per heavy atom. The van der Waals surface area contributed by atoms with Crippen LogP contribution in [0.1, 0.15) is 6.92 Å². The van der Waals surface area contributed by atoms with Crippen molar-refractivity contribution >= 4 is 29.9 Å². The molecular formula is C13H19FIN3O. The molecule has 0 radical (unpaired) electrons.